The lowest BCUT2D eigenvalue weighted by Gasteiger charge is -2.48. The van der Waals surface area contributed by atoms with Crippen LogP contribution in [0.25, 0.3) is 0 Å². The average Bonchev–Trinajstić information content (AvgIpc) is 3.39. The van der Waals surface area contributed by atoms with Crippen LogP contribution in [0, 0.1) is 5.41 Å². The monoisotopic (exact) mass is 359 g/mol. The fraction of sp³-hybridized carbons (Fsp3) is 0.750. The summed E-state index contributed by atoms with van der Waals surface area (Å²) in [5.74, 6) is 1.10. The first-order chi connectivity index (χ1) is 12.6. The molecule has 0 N–H and O–H groups in total. The van der Waals surface area contributed by atoms with Crippen LogP contribution in [0.5, 0.6) is 0 Å². The van der Waals surface area contributed by atoms with Crippen molar-refractivity contribution in [3.63, 3.8) is 0 Å². The van der Waals surface area contributed by atoms with Gasteiger partial charge in [0.15, 0.2) is 0 Å². The Hall–Kier alpha value is -1.85. The molecule has 4 rings (SSSR count). The van der Waals surface area contributed by atoms with Gasteiger partial charge >= 0.3 is 0 Å². The van der Waals surface area contributed by atoms with E-state index in [1.54, 1.807) is 0 Å². The van der Waals surface area contributed by atoms with E-state index in [1.807, 2.05) is 15.9 Å². The minimum absolute atomic E-state index is 0.0412. The summed E-state index contributed by atoms with van der Waals surface area (Å²) in [6, 6.07) is 1.83. The number of carbonyl (C=O) groups is 2. The molecule has 1 aromatic heterocycles. The van der Waals surface area contributed by atoms with E-state index in [-0.39, 0.29) is 17.2 Å². The highest BCUT2D eigenvalue weighted by molar-refractivity contribution is 5.91. The molecule has 142 valence electrons. The molecule has 6 heteroatoms. The average molecular weight is 359 g/mol. The minimum atomic E-state index is -0.0412. The summed E-state index contributed by atoms with van der Waals surface area (Å²) in [6.07, 6.45) is 8.02. The van der Waals surface area contributed by atoms with E-state index in [0.29, 0.717) is 18.1 Å². The summed E-state index contributed by atoms with van der Waals surface area (Å²) in [5, 5.41) is 4.08. The lowest BCUT2D eigenvalue weighted by atomic mass is 9.73. The van der Waals surface area contributed by atoms with Gasteiger partial charge in [-0.15, -0.1) is 0 Å². The van der Waals surface area contributed by atoms with Crippen molar-refractivity contribution in [2.24, 2.45) is 5.41 Å². The zero-order valence-electron chi connectivity index (χ0n) is 15.7. The van der Waals surface area contributed by atoms with Crippen LogP contribution in [0.15, 0.2) is 10.6 Å². The lowest BCUT2D eigenvalue weighted by molar-refractivity contribution is -0.139. The lowest BCUT2D eigenvalue weighted by Crippen LogP contribution is -2.55. The molecule has 2 amide bonds. The van der Waals surface area contributed by atoms with Crippen LogP contribution in [0.2, 0.25) is 0 Å². The predicted octanol–water partition coefficient (Wildman–Crippen LogP) is 3.20. The van der Waals surface area contributed by atoms with Gasteiger partial charge in [-0.3, -0.25) is 9.59 Å². The number of piperidine rings is 2. The molecule has 3 aliphatic rings. The number of likely N-dealkylation sites (tertiary alicyclic amines) is 2. The molecule has 1 atom stereocenters. The van der Waals surface area contributed by atoms with Gasteiger partial charge < -0.3 is 14.3 Å². The van der Waals surface area contributed by atoms with Gasteiger partial charge in [-0.25, -0.2) is 0 Å². The third-order valence-corrected chi connectivity index (χ3v) is 6.21. The van der Waals surface area contributed by atoms with Gasteiger partial charge in [0.05, 0.1) is 5.69 Å². The highest BCUT2D eigenvalue weighted by atomic mass is 16.5. The van der Waals surface area contributed by atoms with Gasteiger partial charge in [0.2, 0.25) is 11.7 Å². The van der Waals surface area contributed by atoms with Crippen molar-refractivity contribution in [1.29, 1.82) is 0 Å². The second-order valence-corrected chi connectivity index (χ2v) is 8.39. The van der Waals surface area contributed by atoms with Crippen molar-refractivity contribution in [2.45, 2.75) is 64.2 Å². The van der Waals surface area contributed by atoms with E-state index < -0.39 is 0 Å². The number of hydrogen-bond donors (Lipinski definition) is 0. The van der Waals surface area contributed by atoms with E-state index in [0.717, 1.165) is 76.8 Å². The summed E-state index contributed by atoms with van der Waals surface area (Å²) in [6.45, 7) is 5.28. The van der Waals surface area contributed by atoms with E-state index in [2.05, 4.69) is 12.1 Å². The first-order valence-electron chi connectivity index (χ1n) is 10.1. The normalized spacial score (nSPS) is 26.6. The molecule has 1 spiro atoms. The summed E-state index contributed by atoms with van der Waals surface area (Å²) in [5.41, 5.74) is 0.976. The number of unbranched alkanes of at least 4 members (excludes halogenated alkanes) is 1. The number of aromatic nitrogens is 1. The predicted molar refractivity (Wildman–Crippen MR) is 96.8 cm³/mol. The zero-order valence-corrected chi connectivity index (χ0v) is 15.7. The molecule has 26 heavy (non-hydrogen) atoms. The molecule has 6 nitrogen and oxygen atoms in total. The maximum Gasteiger partial charge on any atom is 0.292 e. The van der Waals surface area contributed by atoms with E-state index in [1.165, 1.54) is 0 Å². The topological polar surface area (TPSA) is 66.7 Å². The molecule has 2 aliphatic heterocycles. The maximum absolute atomic E-state index is 12.9. The van der Waals surface area contributed by atoms with Gasteiger partial charge in [-0.05, 0) is 38.5 Å². The number of carbonyl (C=O) groups excluding carboxylic acids is 2. The Bertz CT molecular complexity index is 682. The summed E-state index contributed by atoms with van der Waals surface area (Å²) in [7, 11) is 0. The summed E-state index contributed by atoms with van der Waals surface area (Å²) >= 11 is 0. The Morgan fingerprint density at radius 3 is 2.96 bits per heavy atom. The van der Waals surface area contributed by atoms with Gasteiger partial charge in [-0.1, -0.05) is 18.5 Å². The second-order valence-electron chi connectivity index (χ2n) is 8.39. The number of amides is 2. The van der Waals surface area contributed by atoms with E-state index >= 15 is 0 Å². The van der Waals surface area contributed by atoms with Crippen molar-refractivity contribution in [3.8, 4) is 0 Å². The highest BCUT2D eigenvalue weighted by Gasteiger charge is 2.43. The standard InChI is InChI=1S/C20H29N3O3/c1-2-3-10-22-13-20(9-7-18(22)24)8-4-11-23(14-20)19(25)17-12-16(21-26-17)15-5-6-15/h12,15H,2-11,13-14H2,1H3/t20-/m1/s1. The molecule has 2 saturated heterocycles. The van der Waals surface area contributed by atoms with Crippen LogP contribution in [-0.4, -0.2) is 52.9 Å². The first-order valence-corrected chi connectivity index (χ1v) is 10.1. The number of nitrogens with zero attached hydrogens (tertiary/aromatic N) is 3. The van der Waals surface area contributed by atoms with Crippen LogP contribution < -0.4 is 0 Å². The van der Waals surface area contributed by atoms with E-state index in [4.69, 9.17) is 4.52 Å². The van der Waals surface area contributed by atoms with Crippen molar-refractivity contribution in [3.05, 3.63) is 17.5 Å². The van der Waals surface area contributed by atoms with E-state index in [9.17, 15) is 9.59 Å². The molecule has 1 aromatic rings. The molecular weight excluding hydrogens is 330 g/mol. The number of rotatable bonds is 5. The maximum atomic E-state index is 12.9. The fourth-order valence-electron chi connectivity index (χ4n) is 4.49. The molecule has 0 aromatic carbocycles. The van der Waals surface area contributed by atoms with Crippen molar-refractivity contribution >= 4 is 11.8 Å². The smallest absolute Gasteiger partial charge is 0.292 e. The number of hydrogen-bond acceptors (Lipinski definition) is 4. The van der Waals surface area contributed by atoms with Crippen LogP contribution in [0.4, 0.5) is 0 Å². The second kappa shape index (κ2) is 7.05. The highest BCUT2D eigenvalue weighted by Crippen LogP contribution is 2.41. The molecule has 1 saturated carbocycles. The summed E-state index contributed by atoms with van der Waals surface area (Å²) in [4.78, 5) is 29.1. The van der Waals surface area contributed by atoms with Crippen molar-refractivity contribution in [2.75, 3.05) is 26.2 Å². The van der Waals surface area contributed by atoms with Gasteiger partial charge in [0, 0.05) is 50.0 Å². The molecular formula is C20H29N3O3. The van der Waals surface area contributed by atoms with Crippen LogP contribution in [0.3, 0.4) is 0 Å². The third kappa shape index (κ3) is 3.51. The fourth-order valence-corrected chi connectivity index (χ4v) is 4.49. The van der Waals surface area contributed by atoms with Gasteiger partial charge in [0.25, 0.3) is 5.91 Å². The molecule has 1 aliphatic carbocycles. The summed E-state index contributed by atoms with van der Waals surface area (Å²) < 4.78 is 5.34. The Balaban J connectivity index is 1.44. The van der Waals surface area contributed by atoms with Crippen molar-refractivity contribution < 1.29 is 14.1 Å². The van der Waals surface area contributed by atoms with Gasteiger partial charge in [0.1, 0.15) is 0 Å². The minimum Gasteiger partial charge on any atom is -0.351 e. The Kier molecular flexibility index (Phi) is 4.76. The Morgan fingerprint density at radius 2 is 2.19 bits per heavy atom. The molecule has 0 bridgehead atoms. The van der Waals surface area contributed by atoms with Gasteiger partial charge in [-0.2, -0.15) is 0 Å². The Labute approximate surface area is 154 Å². The molecule has 0 radical (unpaired) electrons. The van der Waals surface area contributed by atoms with Crippen LogP contribution >= 0.6 is 0 Å². The zero-order chi connectivity index (χ0) is 18.1. The first kappa shape index (κ1) is 17.6. The largest absolute Gasteiger partial charge is 0.351 e. The molecule has 3 heterocycles. The van der Waals surface area contributed by atoms with Crippen LogP contribution in [0.1, 0.15) is 80.5 Å². The molecule has 0 unspecified atom stereocenters. The van der Waals surface area contributed by atoms with Crippen molar-refractivity contribution in [1.82, 2.24) is 15.0 Å². The third-order valence-electron chi connectivity index (χ3n) is 6.21. The molecule has 3 fully saturated rings. The van der Waals surface area contributed by atoms with Crippen LogP contribution in [-0.2, 0) is 4.79 Å². The quantitative estimate of drug-likeness (QED) is 0.810. The SMILES string of the molecule is CCCCN1C[C@@]2(CCCN(C(=O)c3cc(C4CC4)no3)C2)CCC1=O. The Morgan fingerprint density at radius 1 is 1.35 bits per heavy atom.